The third-order valence-electron chi connectivity index (χ3n) is 3.08. The van der Waals surface area contributed by atoms with E-state index in [1.807, 2.05) is 18.2 Å². The van der Waals surface area contributed by atoms with Gasteiger partial charge in [0.05, 0.1) is 6.42 Å². The smallest absolute Gasteiger partial charge is 0.228 e. The number of nitrogens with one attached hydrogen (secondary N) is 1. The van der Waals surface area contributed by atoms with Crippen LogP contribution in [0.15, 0.2) is 42.5 Å². The Balaban J connectivity index is 1.97. The first kappa shape index (κ1) is 12.3. The SMILES string of the molecule is O=C1Cc2cc(C(=O)c3cccc(I)c3)ccc2N1. The van der Waals surface area contributed by atoms with Crippen LogP contribution in [0.5, 0.6) is 0 Å². The molecule has 3 rings (SSSR count). The Morgan fingerprint density at radius 2 is 1.89 bits per heavy atom. The first-order chi connectivity index (χ1) is 9.13. The highest BCUT2D eigenvalue weighted by Crippen LogP contribution is 2.25. The molecular formula is C15H10INO2. The summed E-state index contributed by atoms with van der Waals surface area (Å²) in [4.78, 5) is 23.7. The van der Waals surface area contributed by atoms with Crippen molar-refractivity contribution in [1.29, 1.82) is 0 Å². The molecule has 1 N–H and O–H groups in total. The molecule has 0 saturated heterocycles. The molecule has 0 bridgehead atoms. The van der Waals surface area contributed by atoms with Crippen molar-refractivity contribution >= 4 is 40.0 Å². The van der Waals surface area contributed by atoms with E-state index in [9.17, 15) is 9.59 Å². The molecule has 94 valence electrons. The van der Waals surface area contributed by atoms with E-state index in [4.69, 9.17) is 0 Å². The molecule has 0 atom stereocenters. The molecule has 1 aliphatic rings. The van der Waals surface area contributed by atoms with Crippen molar-refractivity contribution in [2.24, 2.45) is 0 Å². The number of benzene rings is 2. The van der Waals surface area contributed by atoms with Gasteiger partial charge >= 0.3 is 0 Å². The zero-order chi connectivity index (χ0) is 13.4. The number of fused-ring (bicyclic) bond motifs is 1. The van der Waals surface area contributed by atoms with Gasteiger partial charge in [0.25, 0.3) is 0 Å². The standard InChI is InChI=1S/C15H10INO2/c16-12-3-1-2-9(7-12)15(19)10-4-5-13-11(6-10)8-14(18)17-13/h1-7H,8H2,(H,17,18). The Bertz CT molecular complexity index is 694. The highest BCUT2D eigenvalue weighted by atomic mass is 127. The van der Waals surface area contributed by atoms with Crippen LogP contribution in [0.1, 0.15) is 21.5 Å². The first-order valence-electron chi connectivity index (χ1n) is 5.86. The zero-order valence-electron chi connectivity index (χ0n) is 9.94. The van der Waals surface area contributed by atoms with Gasteiger partial charge in [0.15, 0.2) is 5.78 Å². The normalized spacial score (nSPS) is 13.0. The van der Waals surface area contributed by atoms with E-state index < -0.39 is 0 Å². The number of anilines is 1. The van der Waals surface area contributed by atoms with E-state index in [0.717, 1.165) is 14.8 Å². The van der Waals surface area contributed by atoms with Gasteiger partial charge in [0, 0.05) is 20.4 Å². The van der Waals surface area contributed by atoms with Gasteiger partial charge in [-0.05, 0) is 58.5 Å². The maximum Gasteiger partial charge on any atom is 0.228 e. The van der Waals surface area contributed by atoms with Crippen molar-refractivity contribution < 1.29 is 9.59 Å². The molecule has 0 radical (unpaired) electrons. The van der Waals surface area contributed by atoms with E-state index in [2.05, 4.69) is 27.9 Å². The first-order valence-corrected chi connectivity index (χ1v) is 6.94. The molecule has 1 amide bonds. The Hall–Kier alpha value is -1.69. The van der Waals surface area contributed by atoms with Gasteiger partial charge in [-0.3, -0.25) is 9.59 Å². The minimum Gasteiger partial charge on any atom is -0.326 e. The summed E-state index contributed by atoms with van der Waals surface area (Å²) < 4.78 is 1.03. The van der Waals surface area contributed by atoms with Crippen LogP contribution >= 0.6 is 22.6 Å². The number of carbonyl (C=O) groups excluding carboxylic acids is 2. The molecule has 0 aliphatic carbocycles. The van der Waals surface area contributed by atoms with Crippen molar-refractivity contribution in [3.63, 3.8) is 0 Å². The Morgan fingerprint density at radius 3 is 2.68 bits per heavy atom. The van der Waals surface area contributed by atoms with Gasteiger partial charge in [0.1, 0.15) is 0 Å². The number of hydrogen-bond acceptors (Lipinski definition) is 2. The van der Waals surface area contributed by atoms with Gasteiger partial charge in [-0.15, -0.1) is 0 Å². The van der Waals surface area contributed by atoms with Crippen LogP contribution in [0.25, 0.3) is 0 Å². The van der Waals surface area contributed by atoms with E-state index in [0.29, 0.717) is 17.5 Å². The number of ketones is 1. The van der Waals surface area contributed by atoms with Crippen molar-refractivity contribution in [1.82, 2.24) is 0 Å². The highest BCUT2D eigenvalue weighted by Gasteiger charge is 2.19. The van der Waals surface area contributed by atoms with Crippen LogP contribution in [0.3, 0.4) is 0 Å². The van der Waals surface area contributed by atoms with Gasteiger partial charge in [-0.1, -0.05) is 12.1 Å². The summed E-state index contributed by atoms with van der Waals surface area (Å²) in [5, 5.41) is 2.76. The third kappa shape index (κ3) is 2.40. The molecule has 2 aromatic carbocycles. The van der Waals surface area contributed by atoms with Crippen LogP contribution in [-0.4, -0.2) is 11.7 Å². The second-order valence-corrected chi connectivity index (χ2v) is 5.68. The number of carbonyl (C=O) groups is 2. The predicted molar refractivity (Wildman–Crippen MR) is 81.4 cm³/mol. The molecule has 3 nitrogen and oxygen atoms in total. The second-order valence-electron chi connectivity index (χ2n) is 4.44. The van der Waals surface area contributed by atoms with Gasteiger partial charge in [-0.25, -0.2) is 0 Å². The number of hydrogen-bond donors (Lipinski definition) is 1. The van der Waals surface area contributed by atoms with E-state index in [-0.39, 0.29) is 11.7 Å². The molecular weight excluding hydrogens is 353 g/mol. The molecule has 1 aliphatic heterocycles. The Kier molecular flexibility index (Phi) is 3.10. The summed E-state index contributed by atoms with van der Waals surface area (Å²) in [6, 6.07) is 12.8. The van der Waals surface area contributed by atoms with Crippen molar-refractivity contribution in [3.05, 3.63) is 62.7 Å². The van der Waals surface area contributed by atoms with Crippen LogP contribution < -0.4 is 5.32 Å². The highest BCUT2D eigenvalue weighted by molar-refractivity contribution is 14.1. The predicted octanol–water partition coefficient (Wildman–Crippen LogP) is 3.02. The lowest BCUT2D eigenvalue weighted by Gasteiger charge is -2.04. The molecule has 4 heteroatoms. The number of amides is 1. The van der Waals surface area contributed by atoms with Crippen LogP contribution in [0.4, 0.5) is 5.69 Å². The summed E-state index contributed by atoms with van der Waals surface area (Å²) >= 11 is 2.18. The van der Waals surface area contributed by atoms with Gasteiger partial charge in [0.2, 0.25) is 5.91 Å². The molecule has 0 spiro atoms. The molecule has 1 heterocycles. The molecule has 0 fully saturated rings. The van der Waals surface area contributed by atoms with E-state index >= 15 is 0 Å². The lowest BCUT2D eigenvalue weighted by molar-refractivity contribution is -0.115. The van der Waals surface area contributed by atoms with Crippen LogP contribution in [0.2, 0.25) is 0 Å². The molecule has 0 saturated carbocycles. The minimum atomic E-state index is -0.0196. The molecule has 0 aromatic heterocycles. The molecule has 19 heavy (non-hydrogen) atoms. The summed E-state index contributed by atoms with van der Waals surface area (Å²) in [6.07, 6.45) is 0.350. The van der Waals surface area contributed by atoms with Gasteiger partial charge < -0.3 is 5.32 Å². The van der Waals surface area contributed by atoms with E-state index in [1.54, 1.807) is 24.3 Å². The number of rotatable bonds is 2. The largest absolute Gasteiger partial charge is 0.326 e. The minimum absolute atomic E-state index is 0.0133. The average Bonchev–Trinajstić information content (AvgIpc) is 2.76. The third-order valence-corrected chi connectivity index (χ3v) is 3.75. The lowest BCUT2D eigenvalue weighted by Crippen LogP contribution is -2.03. The summed E-state index contributed by atoms with van der Waals surface area (Å²) in [6.45, 7) is 0. The van der Waals surface area contributed by atoms with Gasteiger partial charge in [-0.2, -0.15) is 0 Å². The summed E-state index contributed by atoms with van der Waals surface area (Å²) in [7, 11) is 0. The van der Waals surface area contributed by atoms with E-state index in [1.165, 1.54) is 0 Å². The maximum atomic E-state index is 12.4. The lowest BCUT2D eigenvalue weighted by atomic mass is 10.0. The molecule has 2 aromatic rings. The number of halogens is 1. The van der Waals surface area contributed by atoms with Crippen molar-refractivity contribution in [2.45, 2.75) is 6.42 Å². The Labute approximate surface area is 124 Å². The summed E-state index contributed by atoms with van der Waals surface area (Å²) in [5.74, 6) is -0.0328. The topological polar surface area (TPSA) is 46.2 Å². The second kappa shape index (κ2) is 4.77. The quantitative estimate of drug-likeness (QED) is 0.659. The molecule has 0 unspecified atom stereocenters. The van der Waals surface area contributed by atoms with Crippen LogP contribution in [0, 0.1) is 3.57 Å². The van der Waals surface area contributed by atoms with Crippen LogP contribution in [-0.2, 0) is 11.2 Å². The summed E-state index contributed by atoms with van der Waals surface area (Å²) in [5.41, 5.74) is 2.99. The maximum absolute atomic E-state index is 12.4. The monoisotopic (exact) mass is 363 g/mol. The van der Waals surface area contributed by atoms with Crippen molar-refractivity contribution in [2.75, 3.05) is 5.32 Å². The zero-order valence-corrected chi connectivity index (χ0v) is 12.1. The fraction of sp³-hybridized carbons (Fsp3) is 0.0667. The van der Waals surface area contributed by atoms with Crippen molar-refractivity contribution in [3.8, 4) is 0 Å². The Morgan fingerprint density at radius 1 is 1.11 bits per heavy atom. The fourth-order valence-electron chi connectivity index (χ4n) is 2.17. The average molecular weight is 363 g/mol. The fourth-order valence-corrected chi connectivity index (χ4v) is 2.71.